The van der Waals surface area contributed by atoms with Gasteiger partial charge in [-0.05, 0) is 70.5 Å². The summed E-state index contributed by atoms with van der Waals surface area (Å²) < 4.78 is 115. The predicted octanol–water partition coefficient (Wildman–Crippen LogP) is 9.57. The molecule has 2 amide bonds. The van der Waals surface area contributed by atoms with Gasteiger partial charge in [-0.25, -0.2) is 0 Å². The molecular weight excluding hydrogens is 762 g/mol. The third-order valence-corrected chi connectivity index (χ3v) is 8.84. The number of alkyl halides is 6. The minimum Gasteiger partial charge on any atom is -0.404 e. The zero-order valence-electron chi connectivity index (χ0n) is 29.0. The lowest BCUT2D eigenvalue weighted by molar-refractivity contribution is -0.274. The molecule has 0 bridgehead atoms. The van der Waals surface area contributed by atoms with Gasteiger partial charge in [-0.3, -0.25) is 14.1 Å². The summed E-state index contributed by atoms with van der Waals surface area (Å²) in [5.74, 6) is -3.86. The number of halogens is 7. The summed E-state index contributed by atoms with van der Waals surface area (Å²) in [5, 5.41) is 4.50. The van der Waals surface area contributed by atoms with E-state index in [1.54, 1.807) is 36.4 Å². The lowest BCUT2D eigenvalue weighted by Crippen LogP contribution is -2.28. The van der Waals surface area contributed by atoms with Gasteiger partial charge in [0.05, 0.1) is 22.9 Å². The highest BCUT2D eigenvalue weighted by Crippen LogP contribution is 2.40. The topological polar surface area (TPSA) is 122 Å². The average Bonchev–Trinajstić information content (AvgIpc) is 3.05. The molecule has 4 aromatic rings. The zero-order valence-corrected chi connectivity index (χ0v) is 30.6. The van der Waals surface area contributed by atoms with E-state index in [9.17, 15) is 44.3 Å². The second kappa shape index (κ2) is 16.7. The molecule has 4 aromatic carbocycles. The summed E-state index contributed by atoms with van der Waals surface area (Å²) in [4.78, 5) is 26.4. The van der Waals surface area contributed by atoms with Gasteiger partial charge in [0.25, 0.3) is 16.0 Å². The van der Waals surface area contributed by atoms with Crippen molar-refractivity contribution in [2.24, 2.45) is 5.41 Å². The molecule has 0 saturated carbocycles. The van der Waals surface area contributed by atoms with Crippen LogP contribution in [0.15, 0.2) is 91.0 Å². The molecule has 288 valence electrons. The molecular formula is C38H35ClF6N2O6S. The van der Waals surface area contributed by atoms with Gasteiger partial charge in [0.1, 0.15) is 0 Å². The van der Waals surface area contributed by atoms with Gasteiger partial charge in [0, 0.05) is 22.7 Å². The number of amides is 2. The molecule has 1 atom stereocenters. The Hall–Kier alpha value is -4.86. The lowest BCUT2D eigenvalue weighted by atomic mass is 9.89. The van der Waals surface area contributed by atoms with Gasteiger partial charge in [-0.15, -0.1) is 13.2 Å². The van der Waals surface area contributed by atoms with Crippen molar-refractivity contribution >= 4 is 45.3 Å². The third kappa shape index (κ3) is 12.6. The van der Waals surface area contributed by atoms with Gasteiger partial charge in [-0.1, -0.05) is 93.1 Å². The number of hydrogen-bond donors (Lipinski definition) is 3. The molecule has 1 unspecified atom stereocenters. The fourth-order valence-electron chi connectivity index (χ4n) is 5.12. The molecule has 16 heteroatoms. The number of benzene rings is 4. The van der Waals surface area contributed by atoms with Crippen molar-refractivity contribution in [1.29, 1.82) is 0 Å². The largest absolute Gasteiger partial charge is 0.573 e. The summed E-state index contributed by atoms with van der Waals surface area (Å²) in [6.07, 6.45) is -5.99. The fourth-order valence-corrected chi connectivity index (χ4v) is 5.77. The summed E-state index contributed by atoms with van der Waals surface area (Å²) in [6.45, 7) is 5.73. The Balaban J connectivity index is 1.67. The van der Waals surface area contributed by atoms with Gasteiger partial charge < -0.3 is 15.4 Å². The van der Waals surface area contributed by atoms with Crippen LogP contribution < -0.4 is 15.4 Å². The summed E-state index contributed by atoms with van der Waals surface area (Å²) in [5.41, 5.74) is 0.486. The Bertz CT molecular complexity index is 2110. The van der Waals surface area contributed by atoms with Crippen LogP contribution in [-0.4, -0.2) is 43.4 Å². The zero-order chi connectivity index (χ0) is 40.1. The van der Waals surface area contributed by atoms with E-state index in [1.165, 1.54) is 18.2 Å². The summed E-state index contributed by atoms with van der Waals surface area (Å²) in [7, 11) is -4.29. The van der Waals surface area contributed by atoms with Crippen molar-refractivity contribution in [2.45, 2.75) is 45.6 Å². The Morgan fingerprint density at radius 1 is 0.889 bits per heavy atom. The molecule has 3 N–H and O–H groups in total. The molecule has 0 radical (unpaired) electrons. The van der Waals surface area contributed by atoms with Crippen LogP contribution in [0.1, 0.15) is 59.3 Å². The van der Waals surface area contributed by atoms with E-state index in [2.05, 4.69) is 15.4 Å². The Morgan fingerprint density at radius 3 is 2.09 bits per heavy atom. The van der Waals surface area contributed by atoms with Crippen LogP contribution >= 0.6 is 11.6 Å². The molecule has 0 aromatic heterocycles. The molecule has 8 nitrogen and oxygen atoms in total. The smallest absolute Gasteiger partial charge is 0.404 e. The van der Waals surface area contributed by atoms with E-state index in [4.69, 9.17) is 16.2 Å². The number of carbonyl (C=O) groups is 2. The first-order valence-corrected chi connectivity index (χ1v) is 18.2. The van der Waals surface area contributed by atoms with E-state index in [0.717, 1.165) is 29.8 Å². The van der Waals surface area contributed by atoms with Crippen LogP contribution in [-0.2, 0) is 27.5 Å². The first kappa shape index (κ1) is 41.9. The molecule has 0 aliphatic heterocycles. The average molecular weight is 797 g/mol. The number of rotatable bonds is 12. The van der Waals surface area contributed by atoms with Crippen LogP contribution in [0.3, 0.4) is 0 Å². The van der Waals surface area contributed by atoms with Crippen LogP contribution in [0, 0.1) is 5.41 Å². The summed E-state index contributed by atoms with van der Waals surface area (Å²) in [6, 6.07) is 18.6. The second-order valence-corrected chi connectivity index (χ2v) is 15.3. The highest BCUT2D eigenvalue weighted by Gasteiger charge is 2.34. The molecule has 0 heterocycles. The SMILES string of the molecule is CC(C)(C)/C=C/c1ccc(C(Cc2ccc(C(=O)NCCS(=O)(=O)O)cc2)C(=O)Nc2ccc(-c3ccc(C(F)(F)F)cc3Cl)cc2OC(F)(F)F)cc1. The van der Waals surface area contributed by atoms with Gasteiger partial charge in [0.15, 0.2) is 5.75 Å². The molecule has 54 heavy (non-hydrogen) atoms. The Morgan fingerprint density at radius 2 is 1.54 bits per heavy atom. The molecule has 4 rings (SSSR count). The molecule has 0 aliphatic carbocycles. The maximum absolute atomic E-state index is 14.0. The number of carbonyl (C=O) groups excluding carboxylic acids is 2. The van der Waals surface area contributed by atoms with Crippen molar-refractivity contribution in [3.8, 4) is 16.9 Å². The molecule has 0 saturated heterocycles. The quantitative estimate of drug-likeness (QED) is 0.0970. The highest BCUT2D eigenvalue weighted by atomic mass is 35.5. The third-order valence-electron chi connectivity index (χ3n) is 7.81. The van der Waals surface area contributed by atoms with Crippen LogP contribution in [0.4, 0.5) is 32.0 Å². The number of allylic oxidation sites excluding steroid dienone is 1. The fraction of sp³-hybridized carbons (Fsp3) is 0.263. The second-order valence-electron chi connectivity index (χ2n) is 13.3. The van der Waals surface area contributed by atoms with Gasteiger partial charge in [0.2, 0.25) is 5.91 Å². The van der Waals surface area contributed by atoms with E-state index < -0.39 is 57.5 Å². The minimum atomic E-state index is -5.21. The maximum Gasteiger partial charge on any atom is 0.573 e. The van der Waals surface area contributed by atoms with Crippen LogP contribution in [0.25, 0.3) is 17.2 Å². The number of anilines is 1. The van der Waals surface area contributed by atoms with Crippen molar-refractivity contribution in [2.75, 3.05) is 17.6 Å². The molecule has 0 fully saturated rings. The first-order valence-electron chi connectivity index (χ1n) is 16.2. The monoisotopic (exact) mass is 796 g/mol. The normalized spacial score (nSPS) is 13.1. The van der Waals surface area contributed by atoms with Crippen LogP contribution in [0.2, 0.25) is 5.02 Å². The first-order chi connectivity index (χ1) is 25.0. The predicted molar refractivity (Wildman–Crippen MR) is 194 cm³/mol. The van der Waals surface area contributed by atoms with E-state index >= 15 is 0 Å². The number of ether oxygens (including phenoxy) is 1. The maximum atomic E-state index is 14.0. The van der Waals surface area contributed by atoms with E-state index in [-0.39, 0.29) is 45.8 Å². The van der Waals surface area contributed by atoms with Crippen LogP contribution in [0.5, 0.6) is 5.75 Å². The van der Waals surface area contributed by atoms with Crippen molar-refractivity contribution < 1.29 is 53.6 Å². The number of hydrogen-bond acceptors (Lipinski definition) is 5. The molecule has 0 aliphatic rings. The van der Waals surface area contributed by atoms with Crippen molar-refractivity contribution in [1.82, 2.24) is 5.32 Å². The van der Waals surface area contributed by atoms with E-state index in [0.29, 0.717) is 17.2 Å². The molecule has 0 spiro atoms. The number of nitrogens with one attached hydrogen (secondary N) is 2. The Labute approximate surface area is 312 Å². The highest BCUT2D eigenvalue weighted by molar-refractivity contribution is 7.85. The minimum absolute atomic E-state index is 0.0106. The summed E-state index contributed by atoms with van der Waals surface area (Å²) >= 11 is 6.09. The van der Waals surface area contributed by atoms with Crippen molar-refractivity contribution in [3.63, 3.8) is 0 Å². The lowest BCUT2D eigenvalue weighted by Gasteiger charge is -2.21. The Kier molecular flexibility index (Phi) is 12.9. The van der Waals surface area contributed by atoms with E-state index in [1.807, 2.05) is 32.9 Å². The van der Waals surface area contributed by atoms with Gasteiger partial charge >= 0.3 is 12.5 Å². The van der Waals surface area contributed by atoms with Gasteiger partial charge in [-0.2, -0.15) is 21.6 Å². The standard InChI is InChI=1S/C38H35ClF6N2O6S/c1-36(2,3)17-16-23-4-8-25(9-5-23)30(20-24-6-10-26(11-7-24)34(48)46-18-19-54(50,51)52)35(49)47-32-15-12-27(21-33(32)53-38(43,44)45)29-14-13-28(22-31(29)39)37(40,41)42/h4-17,21-22,30H,18-20H2,1-3H3,(H,46,48)(H,47,49)(H,50,51,52)/b17-16+. The van der Waals surface area contributed by atoms with Crippen molar-refractivity contribution in [3.05, 3.63) is 124 Å².